The van der Waals surface area contributed by atoms with Gasteiger partial charge in [-0.3, -0.25) is 9.69 Å². The monoisotopic (exact) mass is 481 g/mol. The summed E-state index contributed by atoms with van der Waals surface area (Å²) < 4.78 is 0. The van der Waals surface area contributed by atoms with Crippen LogP contribution in [0.1, 0.15) is 38.2 Å². The third kappa shape index (κ3) is 4.98. The van der Waals surface area contributed by atoms with Gasteiger partial charge in [0.05, 0.1) is 16.1 Å². The molecule has 1 unspecified atom stereocenters. The molecule has 31 heavy (non-hydrogen) atoms. The number of fused-ring (bicyclic) bond motifs is 1. The minimum absolute atomic E-state index is 0. The lowest BCUT2D eigenvalue weighted by Crippen LogP contribution is -2.46. The molecule has 2 aromatic carbocycles. The van der Waals surface area contributed by atoms with Crippen LogP contribution in [0.15, 0.2) is 42.5 Å². The van der Waals surface area contributed by atoms with Crippen molar-refractivity contribution in [2.24, 2.45) is 0 Å². The van der Waals surface area contributed by atoms with Gasteiger partial charge in [0.15, 0.2) is 0 Å². The summed E-state index contributed by atoms with van der Waals surface area (Å²) in [5.74, 6) is 0.166. The van der Waals surface area contributed by atoms with Crippen molar-refractivity contribution in [2.75, 3.05) is 42.9 Å². The van der Waals surface area contributed by atoms with Gasteiger partial charge >= 0.3 is 0 Å². The summed E-state index contributed by atoms with van der Waals surface area (Å²) in [6.07, 6.45) is 3.92. The molecule has 1 atom stereocenters. The van der Waals surface area contributed by atoms with Gasteiger partial charge in [-0.15, -0.1) is 12.4 Å². The molecule has 1 N–H and O–H groups in total. The highest BCUT2D eigenvalue weighted by molar-refractivity contribution is 6.36. The second-order valence-electron chi connectivity index (χ2n) is 8.32. The lowest BCUT2D eigenvalue weighted by atomic mass is 9.75. The summed E-state index contributed by atoms with van der Waals surface area (Å²) >= 11 is 12.4. The van der Waals surface area contributed by atoms with Crippen molar-refractivity contribution in [3.8, 4) is 0 Å². The summed E-state index contributed by atoms with van der Waals surface area (Å²) in [6, 6.07) is 13.9. The van der Waals surface area contributed by atoms with Crippen LogP contribution in [0.4, 0.5) is 11.4 Å². The van der Waals surface area contributed by atoms with Gasteiger partial charge in [0.25, 0.3) is 0 Å². The predicted molar refractivity (Wildman–Crippen MR) is 133 cm³/mol. The van der Waals surface area contributed by atoms with E-state index in [9.17, 15) is 4.79 Å². The van der Waals surface area contributed by atoms with Crippen LogP contribution in [0.5, 0.6) is 0 Å². The summed E-state index contributed by atoms with van der Waals surface area (Å²) in [5.41, 5.74) is 2.87. The third-order valence-electron chi connectivity index (χ3n) is 6.68. The van der Waals surface area contributed by atoms with E-state index in [1.54, 1.807) is 0 Å². The zero-order chi connectivity index (χ0) is 21.1. The van der Waals surface area contributed by atoms with Gasteiger partial charge in [-0.25, -0.2) is 0 Å². The molecule has 0 saturated carbocycles. The molecule has 0 spiro atoms. The fraction of sp³-hybridized carbons (Fsp3) is 0.458. The smallest absolute Gasteiger partial charge is 0.235 e. The van der Waals surface area contributed by atoms with Crippen molar-refractivity contribution < 1.29 is 4.79 Å². The Morgan fingerprint density at radius 2 is 1.77 bits per heavy atom. The molecular weight excluding hydrogens is 453 g/mol. The Morgan fingerprint density at radius 1 is 1.03 bits per heavy atom. The van der Waals surface area contributed by atoms with Gasteiger partial charge in [0, 0.05) is 36.9 Å². The van der Waals surface area contributed by atoms with Crippen molar-refractivity contribution in [3.63, 3.8) is 0 Å². The quantitative estimate of drug-likeness (QED) is 0.491. The lowest BCUT2D eigenvalue weighted by molar-refractivity contribution is -0.121. The number of piperazine rings is 1. The van der Waals surface area contributed by atoms with E-state index in [1.807, 2.05) is 36.4 Å². The average Bonchev–Trinajstić information content (AvgIpc) is 3.03. The number of nitrogens with zero attached hydrogens (tertiary/aromatic N) is 2. The highest BCUT2D eigenvalue weighted by atomic mass is 35.5. The van der Waals surface area contributed by atoms with Crippen LogP contribution in [-0.2, 0) is 10.2 Å². The first kappa shape index (κ1) is 24.2. The molecule has 1 fully saturated rings. The first-order chi connectivity index (χ1) is 14.5. The number of hydrogen-bond donors (Lipinski definition) is 1. The Kier molecular flexibility index (Phi) is 8.14. The molecular formula is C24H30Cl3N3O. The number of rotatable bonds is 7. The van der Waals surface area contributed by atoms with Crippen molar-refractivity contribution in [1.82, 2.24) is 4.90 Å². The second kappa shape index (κ2) is 10.4. The number of amides is 1. The van der Waals surface area contributed by atoms with Gasteiger partial charge in [0.2, 0.25) is 5.91 Å². The molecule has 0 aromatic heterocycles. The standard InChI is InChI=1S/C24H29Cl2N3O.ClH/c1-2-24(19-7-3-4-8-21(19)27-23(24)30)11-5-6-12-28-13-15-29(16-14-28)22-10-9-18(25)17-20(22)26;/h3-4,7-10,17H,2,5-6,11-16H2,1H3,(H,27,30);1H. The van der Waals surface area contributed by atoms with Crippen molar-refractivity contribution in [3.05, 3.63) is 58.1 Å². The minimum atomic E-state index is -0.360. The third-order valence-corrected chi connectivity index (χ3v) is 7.22. The largest absolute Gasteiger partial charge is 0.368 e. The molecule has 2 aromatic rings. The van der Waals surface area contributed by atoms with Crippen LogP contribution in [0, 0.1) is 0 Å². The van der Waals surface area contributed by atoms with Gasteiger partial charge in [0.1, 0.15) is 0 Å². The zero-order valence-electron chi connectivity index (χ0n) is 17.9. The molecule has 7 heteroatoms. The molecule has 2 aliphatic heterocycles. The summed E-state index contributed by atoms with van der Waals surface area (Å²) in [5, 5.41) is 4.47. The normalized spacial score (nSPS) is 20.9. The molecule has 1 saturated heterocycles. The number of carbonyl (C=O) groups excluding carboxylic acids is 1. The molecule has 2 heterocycles. The Balaban J connectivity index is 0.00000272. The molecule has 4 nitrogen and oxygen atoms in total. The summed E-state index contributed by atoms with van der Waals surface area (Å²) in [4.78, 5) is 17.6. The molecule has 168 valence electrons. The molecule has 0 aliphatic carbocycles. The minimum Gasteiger partial charge on any atom is -0.368 e. The highest BCUT2D eigenvalue weighted by Crippen LogP contribution is 2.43. The highest BCUT2D eigenvalue weighted by Gasteiger charge is 2.44. The van der Waals surface area contributed by atoms with Crippen LogP contribution in [-0.4, -0.2) is 43.5 Å². The Labute approximate surface area is 201 Å². The van der Waals surface area contributed by atoms with Crippen molar-refractivity contribution >= 4 is 52.9 Å². The maximum atomic E-state index is 12.8. The SMILES string of the molecule is CCC1(CCCCN2CCN(c3ccc(Cl)cc3Cl)CC2)C(=O)Nc2ccccc21.Cl. The van der Waals surface area contributed by atoms with E-state index in [2.05, 4.69) is 28.1 Å². The van der Waals surface area contributed by atoms with Gasteiger partial charge in [-0.05, 0) is 55.6 Å². The van der Waals surface area contributed by atoms with Crippen LogP contribution >= 0.6 is 35.6 Å². The van der Waals surface area contributed by atoms with Crippen LogP contribution in [0.25, 0.3) is 0 Å². The van der Waals surface area contributed by atoms with E-state index in [-0.39, 0.29) is 23.7 Å². The average molecular weight is 483 g/mol. The topological polar surface area (TPSA) is 35.6 Å². The molecule has 0 radical (unpaired) electrons. The van der Waals surface area contributed by atoms with Crippen LogP contribution < -0.4 is 10.2 Å². The van der Waals surface area contributed by atoms with Gasteiger partial charge in [-0.2, -0.15) is 0 Å². The van der Waals surface area contributed by atoms with Gasteiger partial charge < -0.3 is 10.2 Å². The maximum absolute atomic E-state index is 12.8. The Hall–Kier alpha value is -1.46. The number of hydrogen-bond acceptors (Lipinski definition) is 3. The number of unbranched alkanes of at least 4 members (excludes halogenated alkanes) is 1. The number of nitrogens with one attached hydrogen (secondary N) is 1. The number of carbonyl (C=O) groups is 1. The summed E-state index contributed by atoms with van der Waals surface area (Å²) in [7, 11) is 0. The maximum Gasteiger partial charge on any atom is 0.235 e. The van der Waals surface area contributed by atoms with E-state index < -0.39 is 0 Å². The number of benzene rings is 2. The van der Waals surface area contributed by atoms with E-state index in [0.717, 1.165) is 74.8 Å². The zero-order valence-corrected chi connectivity index (χ0v) is 20.2. The Morgan fingerprint density at radius 3 is 2.48 bits per heavy atom. The number of anilines is 2. The van der Waals surface area contributed by atoms with E-state index in [1.165, 1.54) is 5.56 Å². The van der Waals surface area contributed by atoms with Crippen LogP contribution in [0.2, 0.25) is 10.0 Å². The summed E-state index contributed by atoms with van der Waals surface area (Å²) in [6.45, 7) is 7.20. The van der Waals surface area contributed by atoms with E-state index in [4.69, 9.17) is 23.2 Å². The number of halogens is 3. The second-order valence-corrected chi connectivity index (χ2v) is 9.16. The molecule has 0 bridgehead atoms. The van der Waals surface area contributed by atoms with E-state index in [0.29, 0.717) is 5.02 Å². The fourth-order valence-corrected chi connectivity index (χ4v) is 5.39. The number of para-hydroxylation sites is 1. The fourth-order valence-electron chi connectivity index (χ4n) is 4.86. The Bertz CT molecular complexity index is 915. The first-order valence-electron chi connectivity index (χ1n) is 10.9. The van der Waals surface area contributed by atoms with Crippen molar-refractivity contribution in [1.29, 1.82) is 0 Å². The predicted octanol–water partition coefficient (Wildman–Crippen LogP) is 6.01. The molecule has 1 amide bonds. The van der Waals surface area contributed by atoms with Gasteiger partial charge in [-0.1, -0.05) is 54.7 Å². The molecule has 2 aliphatic rings. The first-order valence-corrected chi connectivity index (χ1v) is 11.6. The van der Waals surface area contributed by atoms with E-state index >= 15 is 0 Å². The van der Waals surface area contributed by atoms with Crippen LogP contribution in [0.3, 0.4) is 0 Å². The van der Waals surface area contributed by atoms with Crippen molar-refractivity contribution in [2.45, 2.75) is 38.0 Å². The lowest BCUT2D eigenvalue weighted by Gasteiger charge is -2.36. The molecule has 4 rings (SSSR count).